The van der Waals surface area contributed by atoms with E-state index in [1.807, 2.05) is 0 Å². The SMILES string of the molecule is CC(C)C.CC(C)CCCC(N)=O. The molecular formula is C11H25NO. The van der Waals surface area contributed by atoms with Crippen molar-refractivity contribution in [2.75, 3.05) is 0 Å². The molecule has 0 unspecified atom stereocenters. The summed E-state index contributed by atoms with van der Waals surface area (Å²) in [6.45, 7) is 10.8. The van der Waals surface area contributed by atoms with Crippen LogP contribution in [0.2, 0.25) is 0 Å². The van der Waals surface area contributed by atoms with Crippen LogP contribution in [-0.2, 0) is 4.79 Å². The Hall–Kier alpha value is -0.530. The molecule has 1 amide bonds. The molecule has 0 saturated heterocycles. The highest BCUT2D eigenvalue weighted by Gasteiger charge is 1.96. The highest BCUT2D eigenvalue weighted by molar-refractivity contribution is 5.73. The lowest BCUT2D eigenvalue weighted by atomic mass is 10.1. The Kier molecular flexibility index (Phi) is 11.0. The van der Waals surface area contributed by atoms with Crippen LogP contribution in [0.15, 0.2) is 0 Å². The fourth-order valence-electron chi connectivity index (χ4n) is 0.685. The molecule has 0 spiro atoms. The van der Waals surface area contributed by atoms with Gasteiger partial charge in [0, 0.05) is 6.42 Å². The molecule has 0 aliphatic rings. The minimum Gasteiger partial charge on any atom is -0.370 e. The Morgan fingerprint density at radius 2 is 1.54 bits per heavy atom. The number of rotatable bonds is 4. The van der Waals surface area contributed by atoms with Gasteiger partial charge in [-0.25, -0.2) is 0 Å². The molecule has 0 aromatic heterocycles. The van der Waals surface area contributed by atoms with Crippen LogP contribution in [0.5, 0.6) is 0 Å². The van der Waals surface area contributed by atoms with Crippen LogP contribution in [0.4, 0.5) is 0 Å². The van der Waals surface area contributed by atoms with E-state index in [2.05, 4.69) is 34.6 Å². The molecule has 0 aliphatic carbocycles. The molecule has 0 aromatic rings. The number of hydrogen-bond donors (Lipinski definition) is 1. The van der Waals surface area contributed by atoms with Gasteiger partial charge >= 0.3 is 0 Å². The van der Waals surface area contributed by atoms with Gasteiger partial charge < -0.3 is 5.73 Å². The third kappa shape index (κ3) is 34.4. The van der Waals surface area contributed by atoms with Crippen LogP contribution in [0.1, 0.15) is 53.9 Å². The first-order chi connectivity index (χ1) is 5.86. The molecule has 0 fully saturated rings. The van der Waals surface area contributed by atoms with Gasteiger partial charge in [0.05, 0.1) is 0 Å². The summed E-state index contributed by atoms with van der Waals surface area (Å²) in [6, 6.07) is 0. The summed E-state index contributed by atoms with van der Waals surface area (Å²) in [5, 5.41) is 0. The number of primary amides is 1. The van der Waals surface area contributed by atoms with Crippen molar-refractivity contribution in [1.82, 2.24) is 0 Å². The first-order valence-corrected chi connectivity index (χ1v) is 5.14. The van der Waals surface area contributed by atoms with Crippen LogP contribution < -0.4 is 5.73 Å². The standard InChI is InChI=1S/C7H15NO.C4H10/c1-6(2)4-3-5-7(8)9;1-4(2)3/h6H,3-5H2,1-2H3,(H2,8,9);4H,1-3H3. The summed E-state index contributed by atoms with van der Waals surface area (Å²) >= 11 is 0. The van der Waals surface area contributed by atoms with E-state index < -0.39 is 0 Å². The third-order valence-corrected chi connectivity index (χ3v) is 1.20. The predicted molar refractivity (Wildman–Crippen MR) is 58.4 cm³/mol. The molecule has 2 heteroatoms. The van der Waals surface area contributed by atoms with Crippen LogP contribution in [0.25, 0.3) is 0 Å². The lowest BCUT2D eigenvalue weighted by molar-refractivity contribution is -0.118. The number of amides is 1. The van der Waals surface area contributed by atoms with Crippen molar-refractivity contribution in [3.05, 3.63) is 0 Å². The Morgan fingerprint density at radius 3 is 1.77 bits per heavy atom. The molecule has 0 rings (SSSR count). The molecule has 0 atom stereocenters. The normalized spacial score (nSPS) is 9.77. The van der Waals surface area contributed by atoms with Crippen molar-refractivity contribution < 1.29 is 4.79 Å². The van der Waals surface area contributed by atoms with Gasteiger partial charge in [0.15, 0.2) is 0 Å². The largest absolute Gasteiger partial charge is 0.370 e. The van der Waals surface area contributed by atoms with Gasteiger partial charge in [-0.2, -0.15) is 0 Å². The van der Waals surface area contributed by atoms with E-state index in [1.54, 1.807) is 0 Å². The molecule has 13 heavy (non-hydrogen) atoms. The maximum Gasteiger partial charge on any atom is 0.217 e. The number of carbonyl (C=O) groups is 1. The third-order valence-electron chi connectivity index (χ3n) is 1.20. The first-order valence-electron chi connectivity index (χ1n) is 5.14. The van der Waals surface area contributed by atoms with Gasteiger partial charge in [0.2, 0.25) is 5.91 Å². The minimum absolute atomic E-state index is 0.185. The fraction of sp³-hybridized carbons (Fsp3) is 0.909. The van der Waals surface area contributed by atoms with E-state index in [1.165, 1.54) is 0 Å². The van der Waals surface area contributed by atoms with Gasteiger partial charge in [0.1, 0.15) is 0 Å². The summed E-state index contributed by atoms with van der Waals surface area (Å²) in [7, 11) is 0. The monoisotopic (exact) mass is 187 g/mol. The average molecular weight is 187 g/mol. The zero-order chi connectivity index (χ0) is 10.9. The van der Waals surface area contributed by atoms with Crippen molar-refractivity contribution in [3.63, 3.8) is 0 Å². The van der Waals surface area contributed by atoms with Crippen LogP contribution in [0.3, 0.4) is 0 Å². The maximum atomic E-state index is 10.2. The summed E-state index contributed by atoms with van der Waals surface area (Å²) < 4.78 is 0. The lowest BCUT2D eigenvalue weighted by Crippen LogP contribution is -2.09. The topological polar surface area (TPSA) is 43.1 Å². The molecule has 2 N–H and O–H groups in total. The zero-order valence-electron chi connectivity index (χ0n) is 9.76. The summed E-state index contributed by atoms with van der Waals surface area (Å²) in [4.78, 5) is 10.2. The molecule has 0 heterocycles. The van der Waals surface area contributed by atoms with Gasteiger partial charge in [-0.3, -0.25) is 4.79 Å². The second kappa shape index (κ2) is 9.56. The number of carbonyl (C=O) groups excluding carboxylic acids is 1. The Bertz CT molecular complexity index is 117. The number of hydrogen-bond acceptors (Lipinski definition) is 1. The molecule has 0 saturated carbocycles. The number of nitrogens with two attached hydrogens (primary N) is 1. The van der Waals surface area contributed by atoms with Crippen molar-refractivity contribution >= 4 is 5.91 Å². The van der Waals surface area contributed by atoms with E-state index in [0.29, 0.717) is 12.3 Å². The fourth-order valence-corrected chi connectivity index (χ4v) is 0.685. The van der Waals surface area contributed by atoms with Crippen LogP contribution >= 0.6 is 0 Å². The summed E-state index contributed by atoms with van der Waals surface area (Å²) in [5.74, 6) is 1.33. The van der Waals surface area contributed by atoms with Gasteiger partial charge in [-0.05, 0) is 18.3 Å². The molecular weight excluding hydrogens is 162 g/mol. The van der Waals surface area contributed by atoms with Gasteiger partial charge in [-0.15, -0.1) is 0 Å². The summed E-state index contributed by atoms with van der Waals surface area (Å²) in [5.41, 5.74) is 4.94. The van der Waals surface area contributed by atoms with Gasteiger partial charge in [-0.1, -0.05) is 41.0 Å². The highest BCUT2D eigenvalue weighted by Crippen LogP contribution is 2.04. The smallest absolute Gasteiger partial charge is 0.217 e. The van der Waals surface area contributed by atoms with Crippen LogP contribution in [0, 0.1) is 11.8 Å². The van der Waals surface area contributed by atoms with Crippen molar-refractivity contribution in [2.24, 2.45) is 17.6 Å². The second-order valence-corrected chi connectivity index (χ2v) is 4.48. The Morgan fingerprint density at radius 1 is 1.15 bits per heavy atom. The Labute approximate surface area is 82.9 Å². The molecule has 0 aromatic carbocycles. The molecule has 0 radical (unpaired) electrons. The average Bonchev–Trinajstić information content (AvgIpc) is 1.83. The van der Waals surface area contributed by atoms with E-state index in [0.717, 1.165) is 18.8 Å². The Balaban J connectivity index is 0. The van der Waals surface area contributed by atoms with E-state index in [9.17, 15) is 4.79 Å². The van der Waals surface area contributed by atoms with Gasteiger partial charge in [0.25, 0.3) is 0 Å². The van der Waals surface area contributed by atoms with Crippen molar-refractivity contribution in [2.45, 2.75) is 53.9 Å². The second-order valence-electron chi connectivity index (χ2n) is 4.48. The van der Waals surface area contributed by atoms with E-state index >= 15 is 0 Å². The zero-order valence-corrected chi connectivity index (χ0v) is 9.76. The van der Waals surface area contributed by atoms with Crippen molar-refractivity contribution in [1.29, 1.82) is 0 Å². The van der Waals surface area contributed by atoms with E-state index in [4.69, 9.17) is 5.73 Å². The molecule has 2 nitrogen and oxygen atoms in total. The summed E-state index contributed by atoms with van der Waals surface area (Å²) in [6.07, 6.45) is 2.58. The lowest BCUT2D eigenvalue weighted by Gasteiger charge is -2.00. The highest BCUT2D eigenvalue weighted by atomic mass is 16.1. The maximum absolute atomic E-state index is 10.2. The van der Waals surface area contributed by atoms with Crippen molar-refractivity contribution in [3.8, 4) is 0 Å². The van der Waals surface area contributed by atoms with Crippen LogP contribution in [-0.4, -0.2) is 5.91 Å². The molecule has 0 aliphatic heterocycles. The predicted octanol–water partition coefficient (Wildman–Crippen LogP) is 2.96. The first kappa shape index (κ1) is 15.0. The molecule has 0 bridgehead atoms. The van der Waals surface area contributed by atoms with E-state index in [-0.39, 0.29) is 5.91 Å². The minimum atomic E-state index is -0.185. The quantitative estimate of drug-likeness (QED) is 0.722. The molecule has 80 valence electrons.